The molecule has 4 nitrogen and oxygen atoms in total. The molecule has 0 fully saturated rings. The molecule has 1 heterocycles. The number of pyridine rings is 1. The van der Waals surface area contributed by atoms with Gasteiger partial charge in [0.1, 0.15) is 5.15 Å². The summed E-state index contributed by atoms with van der Waals surface area (Å²) in [5, 5.41) is 11.9. The summed E-state index contributed by atoms with van der Waals surface area (Å²) in [5.41, 5.74) is 0.446. The van der Waals surface area contributed by atoms with Crippen LogP contribution in [0.5, 0.6) is 0 Å². The molecule has 0 aliphatic carbocycles. The number of nitrogens with zero attached hydrogens (tertiary/aromatic N) is 1. The number of carbonyl (C=O) groups excluding carboxylic acids is 1. The van der Waals surface area contributed by atoms with Crippen LogP contribution in [-0.2, 0) is 0 Å². The highest BCUT2D eigenvalue weighted by atomic mass is 35.5. The molecule has 0 unspecified atom stereocenters. The third-order valence-electron chi connectivity index (χ3n) is 2.04. The molecule has 0 radical (unpaired) electrons. The topological polar surface area (TPSA) is 62.2 Å². The molecule has 1 aromatic heterocycles. The Balaban J connectivity index is 2.68. The van der Waals surface area contributed by atoms with Gasteiger partial charge in [0.15, 0.2) is 0 Å². The van der Waals surface area contributed by atoms with Crippen LogP contribution in [0.4, 0.5) is 0 Å². The molecule has 15 heavy (non-hydrogen) atoms. The number of hydrogen-bond donors (Lipinski definition) is 2. The van der Waals surface area contributed by atoms with Crippen molar-refractivity contribution >= 4 is 17.5 Å². The van der Waals surface area contributed by atoms with E-state index in [-0.39, 0.29) is 23.7 Å². The third-order valence-corrected chi connectivity index (χ3v) is 2.24. The van der Waals surface area contributed by atoms with Crippen LogP contribution in [0.1, 0.15) is 23.7 Å². The van der Waals surface area contributed by atoms with Crippen molar-refractivity contribution in [2.24, 2.45) is 0 Å². The largest absolute Gasteiger partial charge is 0.394 e. The van der Waals surface area contributed by atoms with Crippen molar-refractivity contribution < 1.29 is 9.90 Å². The van der Waals surface area contributed by atoms with E-state index >= 15 is 0 Å². The fourth-order valence-electron chi connectivity index (χ4n) is 1.09. The lowest BCUT2D eigenvalue weighted by Crippen LogP contribution is -2.36. The van der Waals surface area contributed by atoms with Crippen molar-refractivity contribution in [3.05, 3.63) is 29.0 Å². The third kappa shape index (κ3) is 3.49. The zero-order chi connectivity index (χ0) is 11.3. The molecule has 0 aliphatic heterocycles. The van der Waals surface area contributed by atoms with Gasteiger partial charge in [-0.2, -0.15) is 0 Å². The highest BCUT2D eigenvalue weighted by Gasteiger charge is 2.11. The van der Waals surface area contributed by atoms with Crippen molar-refractivity contribution in [1.29, 1.82) is 0 Å². The summed E-state index contributed by atoms with van der Waals surface area (Å²) in [6, 6.07) is 2.84. The summed E-state index contributed by atoms with van der Waals surface area (Å²) in [6.07, 6.45) is 2.15. The quantitative estimate of drug-likeness (QED) is 0.763. The van der Waals surface area contributed by atoms with Gasteiger partial charge in [0.2, 0.25) is 0 Å². The van der Waals surface area contributed by atoms with Crippen molar-refractivity contribution in [1.82, 2.24) is 10.3 Å². The van der Waals surface area contributed by atoms with Gasteiger partial charge in [0.25, 0.3) is 5.91 Å². The maximum atomic E-state index is 11.6. The Morgan fingerprint density at radius 2 is 2.47 bits per heavy atom. The zero-order valence-electron chi connectivity index (χ0n) is 8.40. The molecule has 1 rings (SSSR count). The van der Waals surface area contributed by atoms with Crippen molar-refractivity contribution in [3.8, 4) is 0 Å². The second kappa shape index (κ2) is 5.68. The van der Waals surface area contributed by atoms with Crippen LogP contribution in [0.3, 0.4) is 0 Å². The molecule has 1 atom stereocenters. The van der Waals surface area contributed by atoms with E-state index < -0.39 is 0 Å². The first-order valence-corrected chi connectivity index (χ1v) is 5.08. The van der Waals surface area contributed by atoms with Crippen LogP contribution >= 0.6 is 11.6 Å². The number of carbonyl (C=O) groups is 1. The summed E-state index contributed by atoms with van der Waals surface area (Å²) in [7, 11) is 0. The number of aliphatic hydroxyl groups excluding tert-OH is 1. The Hall–Kier alpha value is -1.13. The molecule has 0 aromatic carbocycles. The fraction of sp³-hybridized carbons (Fsp3) is 0.400. The Labute approximate surface area is 93.3 Å². The maximum Gasteiger partial charge on any atom is 0.251 e. The second-order valence-electron chi connectivity index (χ2n) is 3.13. The van der Waals surface area contributed by atoms with E-state index in [0.717, 1.165) is 0 Å². The first kappa shape index (κ1) is 11.9. The molecular formula is C10H13ClN2O2. The van der Waals surface area contributed by atoms with Gasteiger partial charge in [-0.1, -0.05) is 18.5 Å². The van der Waals surface area contributed by atoms with Gasteiger partial charge in [0, 0.05) is 11.8 Å². The van der Waals surface area contributed by atoms with E-state index in [1.165, 1.54) is 12.3 Å². The van der Waals surface area contributed by atoms with E-state index in [1.54, 1.807) is 6.07 Å². The first-order chi connectivity index (χ1) is 7.17. The summed E-state index contributed by atoms with van der Waals surface area (Å²) in [6.45, 7) is 1.82. The van der Waals surface area contributed by atoms with Crippen LogP contribution in [0.2, 0.25) is 5.15 Å². The number of nitrogens with one attached hydrogen (secondary N) is 1. The van der Waals surface area contributed by atoms with Gasteiger partial charge in [-0.15, -0.1) is 0 Å². The lowest BCUT2D eigenvalue weighted by atomic mass is 10.2. The standard InChI is InChI=1S/C10H13ClN2O2/c1-2-8(6-14)13-10(15)7-3-4-12-9(11)5-7/h3-5,8,14H,2,6H2,1H3,(H,13,15)/t8-/m0/s1. The van der Waals surface area contributed by atoms with Crippen LogP contribution in [-0.4, -0.2) is 28.6 Å². The van der Waals surface area contributed by atoms with E-state index in [0.29, 0.717) is 12.0 Å². The smallest absolute Gasteiger partial charge is 0.251 e. The molecule has 0 aliphatic rings. The highest BCUT2D eigenvalue weighted by molar-refractivity contribution is 6.29. The van der Waals surface area contributed by atoms with Crippen LogP contribution < -0.4 is 5.32 Å². The van der Waals surface area contributed by atoms with E-state index in [9.17, 15) is 4.79 Å². The number of aliphatic hydroxyl groups is 1. The average Bonchev–Trinajstić information content (AvgIpc) is 2.25. The molecule has 0 saturated heterocycles. The average molecular weight is 229 g/mol. The van der Waals surface area contributed by atoms with Crippen molar-refractivity contribution in [2.75, 3.05) is 6.61 Å². The number of halogens is 1. The SMILES string of the molecule is CC[C@@H](CO)NC(=O)c1ccnc(Cl)c1. The second-order valence-corrected chi connectivity index (χ2v) is 3.52. The number of hydrogen-bond acceptors (Lipinski definition) is 3. The van der Waals surface area contributed by atoms with Gasteiger partial charge in [0.05, 0.1) is 12.6 Å². The minimum atomic E-state index is -0.250. The van der Waals surface area contributed by atoms with E-state index in [2.05, 4.69) is 10.3 Å². The number of rotatable bonds is 4. The summed E-state index contributed by atoms with van der Waals surface area (Å²) in [5.74, 6) is -0.250. The minimum absolute atomic E-state index is 0.0684. The lowest BCUT2D eigenvalue weighted by Gasteiger charge is -2.13. The van der Waals surface area contributed by atoms with Gasteiger partial charge in [-0.3, -0.25) is 4.79 Å². The molecule has 0 saturated carbocycles. The Kier molecular flexibility index (Phi) is 4.52. The Morgan fingerprint density at radius 3 is 3.00 bits per heavy atom. The first-order valence-electron chi connectivity index (χ1n) is 4.70. The Bertz CT molecular complexity index is 340. The molecular weight excluding hydrogens is 216 g/mol. The maximum absolute atomic E-state index is 11.6. The van der Waals surface area contributed by atoms with Crippen LogP contribution in [0, 0.1) is 0 Å². The number of amides is 1. The highest BCUT2D eigenvalue weighted by Crippen LogP contribution is 2.07. The molecule has 2 N–H and O–H groups in total. The van der Waals surface area contributed by atoms with E-state index in [4.69, 9.17) is 16.7 Å². The zero-order valence-corrected chi connectivity index (χ0v) is 9.16. The lowest BCUT2D eigenvalue weighted by molar-refractivity contribution is 0.0915. The molecule has 82 valence electrons. The normalized spacial score (nSPS) is 12.2. The van der Waals surface area contributed by atoms with Crippen LogP contribution in [0.25, 0.3) is 0 Å². The summed E-state index contributed by atoms with van der Waals surface area (Å²) < 4.78 is 0. The van der Waals surface area contributed by atoms with Gasteiger partial charge >= 0.3 is 0 Å². The molecule has 1 aromatic rings. The molecule has 0 spiro atoms. The van der Waals surface area contributed by atoms with E-state index in [1.807, 2.05) is 6.92 Å². The molecule has 0 bridgehead atoms. The molecule has 5 heteroatoms. The number of aromatic nitrogens is 1. The predicted octanol–water partition coefficient (Wildman–Crippen LogP) is 1.24. The van der Waals surface area contributed by atoms with Gasteiger partial charge in [-0.05, 0) is 18.6 Å². The van der Waals surface area contributed by atoms with Crippen molar-refractivity contribution in [2.45, 2.75) is 19.4 Å². The van der Waals surface area contributed by atoms with Crippen LogP contribution in [0.15, 0.2) is 18.3 Å². The predicted molar refractivity (Wildman–Crippen MR) is 57.9 cm³/mol. The monoisotopic (exact) mass is 228 g/mol. The molecule has 1 amide bonds. The van der Waals surface area contributed by atoms with Gasteiger partial charge < -0.3 is 10.4 Å². The minimum Gasteiger partial charge on any atom is -0.394 e. The fourth-order valence-corrected chi connectivity index (χ4v) is 1.26. The summed E-state index contributed by atoms with van der Waals surface area (Å²) >= 11 is 5.65. The summed E-state index contributed by atoms with van der Waals surface area (Å²) in [4.78, 5) is 15.4. The van der Waals surface area contributed by atoms with Crippen molar-refractivity contribution in [3.63, 3.8) is 0 Å². The van der Waals surface area contributed by atoms with Gasteiger partial charge in [-0.25, -0.2) is 4.98 Å². The Morgan fingerprint density at radius 1 is 1.73 bits per heavy atom.